The van der Waals surface area contributed by atoms with Crippen LogP contribution in [0.4, 0.5) is 5.69 Å². The van der Waals surface area contributed by atoms with Gasteiger partial charge in [-0.3, -0.25) is 0 Å². The fraction of sp³-hybridized carbons (Fsp3) is 0.538. The number of nitrogens with two attached hydrogens (primary N) is 1. The largest absolute Gasteiger partial charge is 0.398 e. The summed E-state index contributed by atoms with van der Waals surface area (Å²) >= 11 is 0. The third-order valence-electron chi connectivity index (χ3n) is 2.69. The quantitative estimate of drug-likeness (QED) is 0.555. The van der Waals surface area contributed by atoms with E-state index in [0.29, 0.717) is 5.69 Å². The Kier molecular flexibility index (Phi) is 5.19. The second-order valence-corrected chi connectivity index (χ2v) is 3.99. The van der Waals surface area contributed by atoms with Crippen molar-refractivity contribution in [3.8, 4) is 0 Å². The van der Waals surface area contributed by atoms with E-state index >= 15 is 0 Å². The van der Waals surface area contributed by atoms with Crippen molar-refractivity contribution in [1.82, 2.24) is 0 Å². The van der Waals surface area contributed by atoms with E-state index in [4.69, 9.17) is 5.73 Å². The number of hydrogen-bond acceptors (Lipinski definition) is 2. The lowest BCUT2D eigenvalue weighted by Gasteiger charge is -2.12. The third-order valence-corrected chi connectivity index (χ3v) is 2.69. The van der Waals surface area contributed by atoms with Crippen LogP contribution in [0, 0.1) is 0 Å². The average molecular weight is 207 g/mol. The molecule has 2 nitrogen and oxygen atoms in total. The van der Waals surface area contributed by atoms with Gasteiger partial charge in [0.2, 0.25) is 0 Å². The Labute approximate surface area is 92.1 Å². The Morgan fingerprint density at radius 2 is 1.93 bits per heavy atom. The van der Waals surface area contributed by atoms with Gasteiger partial charge < -0.3 is 10.8 Å². The Hall–Kier alpha value is -1.02. The summed E-state index contributed by atoms with van der Waals surface area (Å²) in [6.07, 6.45) is 5.15. The zero-order valence-electron chi connectivity index (χ0n) is 9.45. The number of nitrogen functional groups attached to an aromatic ring is 1. The molecule has 1 atom stereocenters. The van der Waals surface area contributed by atoms with E-state index in [9.17, 15) is 5.11 Å². The summed E-state index contributed by atoms with van der Waals surface area (Å²) in [7, 11) is 0. The first-order chi connectivity index (χ1) is 7.25. The third kappa shape index (κ3) is 3.92. The average Bonchev–Trinajstić information content (AvgIpc) is 2.25. The molecule has 84 valence electrons. The van der Waals surface area contributed by atoms with Crippen molar-refractivity contribution in [2.75, 3.05) is 5.73 Å². The van der Waals surface area contributed by atoms with Crippen LogP contribution in [0.3, 0.4) is 0 Å². The molecule has 1 aromatic rings. The molecule has 3 N–H and O–H groups in total. The Morgan fingerprint density at radius 1 is 1.20 bits per heavy atom. The molecular formula is C13H21NO. The molecule has 0 saturated heterocycles. The highest BCUT2D eigenvalue weighted by Gasteiger charge is 2.09. The lowest BCUT2D eigenvalue weighted by molar-refractivity contribution is 0.164. The van der Waals surface area contributed by atoms with E-state index in [-0.39, 0.29) is 0 Å². The van der Waals surface area contributed by atoms with E-state index in [0.717, 1.165) is 18.4 Å². The molecule has 0 aliphatic heterocycles. The first-order valence-electron chi connectivity index (χ1n) is 5.78. The van der Waals surface area contributed by atoms with Crippen LogP contribution in [-0.4, -0.2) is 5.11 Å². The first-order valence-corrected chi connectivity index (χ1v) is 5.78. The summed E-state index contributed by atoms with van der Waals surface area (Å²) in [5.41, 5.74) is 7.36. The van der Waals surface area contributed by atoms with Gasteiger partial charge in [-0.1, -0.05) is 50.8 Å². The van der Waals surface area contributed by atoms with Gasteiger partial charge in [-0.25, -0.2) is 0 Å². The molecule has 0 aliphatic rings. The molecular weight excluding hydrogens is 186 g/mol. The van der Waals surface area contributed by atoms with Gasteiger partial charge in [0.25, 0.3) is 0 Å². The van der Waals surface area contributed by atoms with Crippen LogP contribution in [-0.2, 0) is 0 Å². The molecule has 0 spiro atoms. The van der Waals surface area contributed by atoms with Crippen LogP contribution in [0.2, 0.25) is 0 Å². The minimum absolute atomic E-state index is 0.400. The fourth-order valence-corrected chi connectivity index (χ4v) is 1.73. The van der Waals surface area contributed by atoms with Crippen molar-refractivity contribution >= 4 is 5.69 Å². The van der Waals surface area contributed by atoms with Gasteiger partial charge in [-0.2, -0.15) is 0 Å². The molecule has 15 heavy (non-hydrogen) atoms. The van der Waals surface area contributed by atoms with E-state index < -0.39 is 6.10 Å². The molecule has 0 heterocycles. The minimum atomic E-state index is -0.400. The Bertz CT molecular complexity index is 286. The lowest BCUT2D eigenvalue weighted by Crippen LogP contribution is -2.01. The molecule has 2 heteroatoms. The molecule has 1 rings (SSSR count). The highest BCUT2D eigenvalue weighted by atomic mass is 16.3. The number of unbranched alkanes of at least 4 members (excludes halogenated alkanes) is 3. The Morgan fingerprint density at radius 3 is 2.60 bits per heavy atom. The lowest BCUT2D eigenvalue weighted by atomic mass is 10.0. The van der Waals surface area contributed by atoms with E-state index in [1.807, 2.05) is 24.3 Å². The van der Waals surface area contributed by atoms with Gasteiger partial charge in [0.15, 0.2) is 0 Å². The summed E-state index contributed by atoms with van der Waals surface area (Å²) in [6.45, 7) is 2.19. The number of aliphatic hydroxyl groups excluding tert-OH is 1. The van der Waals surface area contributed by atoms with Gasteiger partial charge in [0.1, 0.15) is 0 Å². The summed E-state index contributed by atoms with van der Waals surface area (Å²) in [6, 6.07) is 7.55. The van der Waals surface area contributed by atoms with Crippen molar-refractivity contribution in [2.45, 2.75) is 45.1 Å². The summed E-state index contributed by atoms with van der Waals surface area (Å²) in [5.74, 6) is 0. The summed E-state index contributed by atoms with van der Waals surface area (Å²) in [5, 5.41) is 9.92. The van der Waals surface area contributed by atoms with Gasteiger partial charge in [0, 0.05) is 11.3 Å². The second kappa shape index (κ2) is 6.46. The molecule has 1 aromatic carbocycles. The molecule has 0 radical (unpaired) electrons. The smallest absolute Gasteiger partial charge is 0.0809 e. The van der Waals surface area contributed by atoms with Crippen LogP contribution >= 0.6 is 0 Å². The maximum atomic E-state index is 9.92. The molecule has 0 amide bonds. The summed E-state index contributed by atoms with van der Waals surface area (Å²) in [4.78, 5) is 0. The maximum absolute atomic E-state index is 9.92. The number of rotatable bonds is 6. The van der Waals surface area contributed by atoms with Crippen molar-refractivity contribution in [1.29, 1.82) is 0 Å². The Balaban J connectivity index is 2.40. The topological polar surface area (TPSA) is 46.2 Å². The first kappa shape index (κ1) is 12.1. The fourth-order valence-electron chi connectivity index (χ4n) is 1.73. The van der Waals surface area contributed by atoms with Crippen molar-refractivity contribution in [3.63, 3.8) is 0 Å². The monoisotopic (exact) mass is 207 g/mol. The molecule has 0 saturated carbocycles. The highest BCUT2D eigenvalue weighted by Crippen LogP contribution is 2.24. The van der Waals surface area contributed by atoms with E-state index in [1.54, 1.807) is 0 Å². The zero-order valence-corrected chi connectivity index (χ0v) is 9.45. The molecule has 1 unspecified atom stereocenters. The molecule has 0 bridgehead atoms. The van der Waals surface area contributed by atoms with Gasteiger partial charge in [-0.15, -0.1) is 0 Å². The molecule has 0 aromatic heterocycles. The zero-order chi connectivity index (χ0) is 11.1. The highest BCUT2D eigenvalue weighted by molar-refractivity contribution is 5.47. The van der Waals surface area contributed by atoms with Crippen molar-refractivity contribution in [3.05, 3.63) is 29.8 Å². The standard InChI is InChI=1S/C13H21NO/c1-2-3-4-5-10-13(15)11-8-6-7-9-12(11)14/h6-9,13,15H,2-5,10,14H2,1H3. The van der Waals surface area contributed by atoms with Gasteiger partial charge in [-0.05, 0) is 12.5 Å². The molecule has 0 aliphatic carbocycles. The van der Waals surface area contributed by atoms with Crippen LogP contribution in [0.25, 0.3) is 0 Å². The minimum Gasteiger partial charge on any atom is -0.398 e. The number of anilines is 1. The number of hydrogen-bond donors (Lipinski definition) is 2. The predicted octanol–water partition coefficient (Wildman–Crippen LogP) is 3.27. The molecule has 0 fully saturated rings. The van der Waals surface area contributed by atoms with Gasteiger partial charge in [0.05, 0.1) is 6.10 Å². The SMILES string of the molecule is CCCCCCC(O)c1ccccc1N. The van der Waals surface area contributed by atoms with Crippen LogP contribution in [0.15, 0.2) is 24.3 Å². The van der Waals surface area contributed by atoms with Crippen LogP contribution in [0.1, 0.15) is 50.7 Å². The predicted molar refractivity (Wildman–Crippen MR) is 64.6 cm³/mol. The number of aliphatic hydroxyl groups is 1. The van der Waals surface area contributed by atoms with E-state index in [1.165, 1.54) is 19.3 Å². The van der Waals surface area contributed by atoms with Crippen molar-refractivity contribution in [2.24, 2.45) is 0 Å². The van der Waals surface area contributed by atoms with Gasteiger partial charge >= 0.3 is 0 Å². The number of para-hydroxylation sites is 1. The second-order valence-electron chi connectivity index (χ2n) is 3.99. The normalized spacial score (nSPS) is 12.7. The van der Waals surface area contributed by atoms with Crippen LogP contribution in [0.5, 0.6) is 0 Å². The number of benzene rings is 1. The maximum Gasteiger partial charge on any atom is 0.0809 e. The van der Waals surface area contributed by atoms with Crippen molar-refractivity contribution < 1.29 is 5.11 Å². The van der Waals surface area contributed by atoms with Crippen LogP contribution < -0.4 is 5.73 Å². The summed E-state index contributed by atoms with van der Waals surface area (Å²) < 4.78 is 0. The van der Waals surface area contributed by atoms with E-state index in [2.05, 4.69) is 6.92 Å².